The third-order valence-corrected chi connectivity index (χ3v) is 6.32. The van der Waals surface area contributed by atoms with Crippen molar-refractivity contribution in [3.8, 4) is 0 Å². The molecule has 2 unspecified atom stereocenters. The molecule has 2 fully saturated rings. The van der Waals surface area contributed by atoms with Gasteiger partial charge in [0.05, 0.1) is 11.5 Å². The fourth-order valence-corrected chi connectivity index (χ4v) is 5.27. The molecular weight excluding hydrogens is 256 g/mol. The number of hydrogen-bond acceptors (Lipinski definition) is 5. The lowest BCUT2D eigenvalue weighted by Crippen LogP contribution is -2.42. The van der Waals surface area contributed by atoms with Crippen molar-refractivity contribution in [2.45, 2.75) is 24.6 Å². The fraction of sp³-hybridized carbons (Fsp3) is 1.00. The van der Waals surface area contributed by atoms with Crippen LogP contribution < -0.4 is 5.32 Å². The molecule has 2 heterocycles. The van der Waals surface area contributed by atoms with E-state index in [-0.39, 0.29) is 6.04 Å². The highest BCUT2D eigenvalue weighted by atomic mass is 32.2. The van der Waals surface area contributed by atoms with Crippen LogP contribution >= 0.6 is 11.8 Å². The minimum absolute atomic E-state index is 0.191. The van der Waals surface area contributed by atoms with Gasteiger partial charge in [0.1, 0.15) is 0 Å². The molecule has 4 nitrogen and oxygen atoms in total. The number of hydrogen-bond donors (Lipinski definition) is 1. The monoisotopic (exact) mass is 278 g/mol. The van der Waals surface area contributed by atoms with E-state index in [1.165, 1.54) is 12.3 Å². The van der Waals surface area contributed by atoms with Gasteiger partial charge in [-0.15, -0.1) is 0 Å². The highest BCUT2D eigenvalue weighted by Crippen LogP contribution is 2.17. The van der Waals surface area contributed by atoms with Crippen molar-refractivity contribution in [1.82, 2.24) is 10.2 Å². The molecule has 1 N–H and O–H groups in total. The summed E-state index contributed by atoms with van der Waals surface area (Å²) in [5.41, 5.74) is 0. The lowest BCUT2D eigenvalue weighted by molar-refractivity contribution is 0.282. The number of nitrogens with zero attached hydrogens (tertiary/aromatic N) is 1. The van der Waals surface area contributed by atoms with Gasteiger partial charge in [0.15, 0.2) is 9.84 Å². The van der Waals surface area contributed by atoms with Crippen LogP contribution in [0.15, 0.2) is 0 Å². The Morgan fingerprint density at radius 3 is 2.94 bits per heavy atom. The maximum absolute atomic E-state index is 11.3. The first-order valence-corrected chi connectivity index (χ1v) is 9.20. The molecule has 100 valence electrons. The van der Waals surface area contributed by atoms with Crippen molar-refractivity contribution in [1.29, 1.82) is 0 Å². The van der Waals surface area contributed by atoms with Crippen LogP contribution in [0.3, 0.4) is 0 Å². The standard InChI is InChI=1S/C11H22N2O2S2/c1-10-8-13(5-6-16-10)4-3-12-11-2-7-17(14,15)9-11/h10-12H,2-9H2,1H3. The van der Waals surface area contributed by atoms with Crippen LogP contribution in [0.25, 0.3) is 0 Å². The normalized spacial score (nSPS) is 33.9. The zero-order valence-corrected chi connectivity index (χ0v) is 12.0. The molecule has 0 aliphatic carbocycles. The van der Waals surface area contributed by atoms with Crippen molar-refractivity contribution >= 4 is 21.6 Å². The van der Waals surface area contributed by atoms with Crippen molar-refractivity contribution in [2.75, 3.05) is 43.4 Å². The molecular formula is C11H22N2O2S2. The second kappa shape index (κ2) is 5.91. The molecule has 0 aromatic rings. The topological polar surface area (TPSA) is 49.4 Å². The largest absolute Gasteiger partial charge is 0.312 e. The molecule has 0 radical (unpaired) electrons. The Morgan fingerprint density at radius 1 is 1.47 bits per heavy atom. The van der Waals surface area contributed by atoms with E-state index in [0.29, 0.717) is 11.5 Å². The molecule has 2 aliphatic heterocycles. The van der Waals surface area contributed by atoms with E-state index in [2.05, 4.69) is 17.1 Å². The summed E-state index contributed by atoms with van der Waals surface area (Å²) < 4.78 is 22.6. The number of nitrogens with one attached hydrogen (secondary N) is 1. The Morgan fingerprint density at radius 2 is 2.29 bits per heavy atom. The van der Waals surface area contributed by atoms with Gasteiger partial charge in [-0.05, 0) is 6.42 Å². The molecule has 0 bridgehead atoms. The summed E-state index contributed by atoms with van der Waals surface area (Å²) in [7, 11) is -2.74. The van der Waals surface area contributed by atoms with Gasteiger partial charge in [0.25, 0.3) is 0 Å². The summed E-state index contributed by atoms with van der Waals surface area (Å²) in [6.07, 6.45) is 0.786. The van der Waals surface area contributed by atoms with Crippen molar-refractivity contribution in [2.24, 2.45) is 0 Å². The Hall–Kier alpha value is 0.220. The maximum atomic E-state index is 11.3. The van der Waals surface area contributed by atoms with Crippen molar-refractivity contribution in [3.63, 3.8) is 0 Å². The summed E-state index contributed by atoms with van der Waals surface area (Å²) >= 11 is 2.04. The SMILES string of the molecule is CC1CN(CCNC2CCS(=O)(=O)C2)CCS1. The van der Waals surface area contributed by atoms with Gasteiger partial charge < -0.3 is 10.2 Å². The van der Waals surface area contributed by atoms with Crippen molar-refractivity contribution < 1.29 is 8.42 Å². The summed E-state index contributed by atoms with van der Waals surface area (Å²) in [6, 6.07) is 0.191. The predicted octanol–water partition coefficient (Wildman–Crippen LogP) is 0.200. The quantitative estimate of drug-likeness (QED) is 0.796. The predicted molar refractivity (Wildman–Crippen MR) is 73.4 cm³/mol. The number of sulfone groups is 1. The number of rotatable bonds is 4. The summed E-state index contributed by atoms with van der Waals surface area (Å²) in [5, 5.41) is 4.10. The third-order valence-electron chi connectivity index (χ3n) is 3.42. The maximum Gasteiger partial charge on any atom is 0.151 e. The molecule has 2 saturated heterocycles. The van der Waals surface area contributed by atoms with Gasteiger partial charge in [-0.25, -0.2) is 8.42 Å². The fourth-order valence-electron chi connectivity index (χ4n) is 2.48. The molecule has 2 atom stereocenters. The molecule has 0 aromatic heterocycles. The lowest BCUT2D eigenvalue weighted by Gasteiger charge is -2.30. The van der Waals surface area contributed by atoms with E-state index < -0.39 is 9.84 Å². The van der Waals surface area contributed by atoms with Crippen LogP contribution in [0.2, 0.25) is 0 Å². The van der Waals surface area contributed by atoms with Gasteiger partial charge in [0.2, 0.25) is 0 Å². The average Bonchev–Trinajstić information content (AvgIpc) is 2.58. The van der Waals surface area contributed by atoms with Gasteiger partial charge in [-0.2, -0.15) is 11.8 Å². The van der Waals surface area contributed by atoms with E-state index in [9.17, 15) is 8.42 Å². The second-order valence-corrected chi connectivity index (χ2v) is 8.81. The van der Waals surface area contributed by atoms with Gasteiger partial charge in [-0.1, -0.05) is 6.92 Å². The Balaban J connectivity index is 1.63. The highest BCUT2D eigenvalue weighted by molar-refractivity contribution is 7.99. The van der Waals surface area contributed by atoms with Crippen molar-refractivity contribution in [3.05, 3.63) is 0 Å². The van der Waals surface area contributed by atoms with Gasteiger partial charge in [0, 0.05) is 43.2 Å². The van der Waals surface area contributed by atoms with E-state index in [1.807, 2.05) is 11.8 Å². The van der Waals surface area contributed by atoms with Crippen LogP contribution in [0, 0.1) is 0 Å². The van der Waals surface area contributed by atoms with Crippen LogP contribution in [0.5, 0.6) is 0 Å². The van der Waals surface area contributed by atoms with Crippen LogP contribution in [-0.2, 0) is 9.84 Å². The number of thioether (sulfide) groups is 1. The van der Waals surface area contributed by atoms with Gasteiger partial charge >= 0.3 is 0 Å². The van der Waals surface area contributed by atoms with Crippen LogP contribution in [0.1, 0.15) is 13.3 Å². The highest BCUT2D eigenvalue weighted by Gasteiger charge is 2.27. The zero-order chi connectivity index (χ0) is 12.3. The lowest BCUT2D eigenvalue weighted by atomic mass is 10.2. The first-order chi connectivity index (χ1) is 8.05. The molecule has 0 aromatic carbocycles. The molecule has 0 spiro atoms. The molecule has 17 heavy (non-hydrogen) atoms. The first-order valence-electron chi connectivity index (χ1n) is 6.33. The molecule has 0 saturated carbocycles. The molecule has 6 heteroatoms. The minimum Gasteiger partial charge on any atom is -0.312 e. The summed E-state index contributed by atoms with van der Waals surface area (Å²) in [6.45, 7) is 6.56. The van der Waals surface area contributed by atoms with E-state index in [1.54, 1.807) is 0 Å². The molecule has 2 rings (SSSR count). The minimum atomic E-state index is -2.74. The summed E-state index contributed by atoms with van der Waals surface area (Å²) in [5.74, 6) is 1.92. The first kappa shape index (κ1) is 13.6. The van der Waals surface area contributed by atoms with Crippen LogP contribution in [-0.4, -0.2) is 68.0 Å². The average molecular weight is 278 g/mol. The van der Waals surface area contributed by atoms with Crippen LogP contribution in [0.4, 0.5) is 0 Å². The Bertz CT molecular complexity index is 345. The molecule has 0 amide bonds. The molecule has 2 aliphatic rings. The zero-order valence-electron chi connectivity index (χ0n) is 10.4. The Labute approximate surface area is 108 Å². The summed E-state index contributed by atoms with van der Waals surface area (Å²) in [4.78, 5) is 2.47. The van der Waals surface area contributed by atoms with E-state index >= 15 is 0 Å². The Kier molecular flexibility index (Phi) is 4.74. The smallest absolute Gasteiger partial charge is 0.151 e. The van der Waals surface area contributed by atoms with E-state index in [0.717, 1.165) is 31.3 Å². The third kappa shape index (κ3) is 4.43. The van der Waals surface area contributed by atoms with Gasteiger partial charge in [-0.3, -0.25) is 0 Å². The van der Waals surface area contributed by atoms with E-state index in [4.69, 9.17) is 0 Å². The second-order valence-electron chi connectivity index (χ2n) is 5.04.